The summed E-state index contributed by atoms with van der Waals surface area (Å²) < 4.78 is 26.9. The van der Waals surface area contributed by atoms with Crippen LogP contribution < -0.4 is 5.32 Å². The lowest BCUT2D eigenvalue weighted by Crippen LogP contribution is -2.44. The second-order valence-electron chi connectivity index (χ2n) is 8.17. The topological polar surface area (TPSA) is 69.7 Å². The monoisotopic (exact) mass is 461 g/mol. The van der Waals surface area contributed by atoms with Gasteiger partial charge in [0.2, 0.25) is 11.8 Å². The summed E-state index contributed by atoms with van der Waals surface area (Å²) in [7, 11) is 0. The van der Waals surface area contributed by atoms with E-state index in [1.807, 2.05) is 10.3 Å². The van der Waals surface area contributed by atoms with Gasteiger partial charge in [0, 0.05) is 56.0 Å². The second kappa shape index (κ2) is 9.77. The molecule has 3 amide bonds. The van der Waals surface area contributed by atoms with Crippen molar-refractivity contribution in [2.45, 2.75) is 32.2 Å². The zero-order chi connectivity index (χ0) is 22.7. The maximum atomic E-state index is 13.9. The molecule has 4 rings (SSSR count). The fourth-order valence-corrected chi connectivity index (χ4v) is 5.12. The lowest BCUT2D eigenvalue weighted by molar-refractivity contribution is -0.132. The number of carbonyl (C=O) groups excluding carboxylic acids is 3. The minimum absolute atomic E-state index is 0.0314. The third kappa shape index (κ3) is 4.98. The Labute approximate surface area is 189 Å². The molecule has 0 atom stereocenters. The molecule has 1 N–H and O–H groups in total. The van der Waals surface area contributed by atoms with E-state index in [-0.39, 0.29) is 36.3 Å². The van der Waals surface area contributed by atoms with Crippen LogP contribution in [-0.2, 0) is 22.6 Å². The summed E-state index contributed by atoms with van der Waals surface area (Å²) in [5, 5.41) is 4.89. The Morgan fingerprint density at radius 2 is 1.84 bits per heavy atom. The van der Waals surface area contributed by atoms with Crippen molar-refractivity contribution in [2.24, 2.45) is 5.92 Å². The molecule has 1 aromatic carbocycles. The first-order valence-electron chi connectivity index (χ1n) is 10.8. The Bertz CT molecular complexity index is 1020. The Kier molecular flexibility index (Phi) is 6.83. The van der Waals surface area contributed by atoms with Gasteiger partial charge in [-0.15, -0.1) is 11.3 Å². The number of fused-ring (bicyclic) bond motifs is 1. The average molecular weight is 462 g/mol. The standard InChI is InChI=1S/C23H25F2N3O3S/c24-17-1-2-18(19(25)13-17)23(31)27-9-4-15(5-10-27)22(30)26-8-3-21(29)28-11-6-20-16(14-28)7-12-32-20/h1-2,7,12-13,15H,3-6,8-11,14H2,(H,26,30). The summed E-state index contributed by atoms with van der Waals surface area (Å²) >= 11 is 1.73. The van der Waals surface area contributed by atoms with Gasteiger partial charge < -0.3 is 15.1 Å². The van der Waals surface area contributed by atoms with Crippen molar-refractivity contribution in [1.29, 1.82) is 0 Å². The molecule has 2 aromatic rings. The average Bonchev–Trinajstić information content (AvgIpc) is 3.26. The number of nitrogens with zero attached hydrogens (tertiary/aromatic N) is 2. The van der Waals surface area contributed by atoms with Crippen LogP contribution in [0, 0.1) is 17.6 Å². The van der Waals surface area contributed by atoms with E-state index in [9.17, 15) is 23.2 Å². The van der Waals surface area contributed by atoms with Crippen LogP contribution in [0.15, 0.2) is 29.6 Å². The minimum atomic E-state index is -0.886. The first kappa shape index (κ1) is 22.4. The Morgan fingerprint density at radius 1 is 1.06 bits per heavy atom. The Hall–Kier alpha value is -2.81. The van der Waals surface area contributed by atoms with Crippen molar-refractivity contribution in [2.75, 3.05) is 26.2 Å². The van der Waals surface area contributed by atoms with Gasteiger partial charge in [-0.2, -0.15) is 0 Å². The zero-order valence-corrected chi connectivity index (χ0v) is 18.4. The predicted octanol–water partition coefficient (Wildman–Crippen LogP) is 2.97. The van der Waals surface area contributed by atoms with Gasteiger partial charge in [-0.3, -0.25) is 14.4 Å². The van der Waals surface area contributed by atoms with Gasteiger partial charge in [-0.25, -0.2) is 8.78 Å². The molecule has 6 nitrogen and oxygen atoms in total. The number of likely N-dealkylation sites (tertiary alicyclic amines) is 1. The first-order chi connectivity index (χ1) is 15.4. The molecule has 1 saturated heterocycles. The number of hydrogen-bond acceptors (Lipinski definition) is 4. The Balaban J connectivity index is 1.19. The molecule has 3 heterocycles. The van der Waals surface area contributed by atoms with Crippen LogP contribution in [0.3, 0.4) is 0 Å². The summed E-state index contributed by atoms with van der Waals surface area (Å²) in [5.41, 5.74) is 1.04. The van der Waals surface area contributed by atoms with E-state index in [4.69, 9.17) is 0 Å². The molecule has 1 fully saturated rings. The molecule has 2 aliphatic heterocycles. The van der Waals surface area contributed by atoms with Crippen LogP contribution in [0.25, 0.3) is 0 Å². The fraction of sp³-hybridized carbons (Fsp3) is 0.435. The van der Waals surface area contributed by atoms with Gasteiger partial charge in [-0.05, 0) is 48.4 Å². The van der Waals surface area contributed by atoms with E-state index < -0.39 is 17.5 Å². The fourth-order valence-electron chi connectivity index (χ4n) is 4.23. The van der Waals surface area contributed by atoms with Crippen molar-refractivity contribution >= 4 is 29.1 Å². The first-order valence-corrected chi connectivity index (χ1v) is 11.7. The van der Waals surface area contributed by atoms with Gasteiger partial charge in [0.15, 0.2) is 0 Å². The third-order valence-electron chi connectivity index (χ3n) is 6.11. The summed E-state index contributed by atoms with van der Waals surface area (Å²) in [6.45, 7) is 2.27. The van der Waals surface area contributed by atoms with Crippen LogP contribution in [0.4, 0.5) is 8.78 Å². The molecule has 0 radical (unpaired) electrons. The van der Waals surface area contributed by atoms with E-state index in [0.717, 1.165) is 18.6 Å². The SMILES string of the molecule is O=C(NCCC(=O)N1CCc2sccc2C1)C1CCN(C(=O)c2ccc(F)cc2F)CC1. The molecular formula is C23H25F2N3O3S. The summed E-state index contributed by atoms with van der Waals surface area (Å²) in [6, 6.07) is 4.95. The van der Waals surface area contributed by atoms with E-state index in [1.54, 1.807) is 11.3 Å². The number of rotatable bonds is 5. The normalized spacial score (nSPS) is 16.6. The Morgan fingerprint density at radius 3 is 2.59 bits per heavy atom. The van der Waals surface area contributed by atoms with Crippen LogP contribution in [0.5, 0.6) is 0 Å². The quantitative estimate of drug-likeness (QED) is 0.745. The lowest BCUT2D eigenvalue weighted by atomic mass is 9.95. The highest BCUT2D eigenvalue weighted by Gasteiger charge is 2.29. The molecule has 0 bridgehead atoms. The van der Waals surface area contributed by atoms with Crippen molar-refractivity contribution in [3.05, 3.63) is 57.3 Å². The molecule has 32 heavy (non-hydrogen) atoms. The van der Waals surface area contributed by atoms with Gasteiger partial charge in [0.1, 0.15) is 11.6 Å². The highest BCUT2D eigenvalue weighted by atomic mass is 32.1. The van der Waals surface area contributed by atoms with Crippen molar-refractivity contribution in [3.8, 4) is 0 Å². The van der Waals surface area contributed by atoms with E-state index >= 15 is 0 Å². The molecule has 9 heteroatoms. The number of halogens is 2. The zero-order valence-electron chi connectivity index (χ0n) is 17.6. The maximum absolute atomic E-state index is 13.9. The van der Waals surface area contributed by atoms with Crippen LogP contribution in [0.2, 0.25) is 0 Å². The predicted molar refractivity (Wildman–Crippen MR) is 116 cm³/mol. The smallest absolute Gasteiger partial charge is 0.256 e. The molecule has 0 saturated carbocycles. The maximum Gasteiger partial charge on any atom is 0.256 e. The molecule has 170 valence electrons. The molecule has 0 aliphatic carbocycles. The number of carbonyl (C=O) groups is 3. The lowest BCUT2D eigenvalue weighted by Gasteiger charge is -2.31. The van der Waals surface area contributed by atoms with Crippen molar-refractivity contribution in [1.82, 2.24) is 15.1 Å². The largest absolute Gasteiger partial charge is 0.355 e. The van der Waals surface area contributed by atoms with E-state index in [0.29, 0.717) is 45.1 Å². The number of hydrogen-bond donors (Lipinski definition) is 1. The molecule has 1 aromatic heterocycles. The summed E-state index contributed by atoms with van der Waals surface area (Å²) in [5.74, 6) is -2.47. The van der Waals surface area contributed by atoms with Gasteiger partial charge in [0.05, 0.1) is 5.56 Å². The second-order valence-corrected chi connectivity index (χ2v) is 9.17. The third-order valence-corrected chi connectivity index (χ3v) is 7.14. The van der Waals surface area contributed by atoms with Gasteiger partial charge >= 0.3 is 0 Å². The molecule has 0 spiro atoms. The van der Waals surface area contributed by atoms with Crippen molar-refractivity contribution < 1.29 is 23.2 Å². The summed E-state index contributed by atoms with van der Waals surface area (Å²) in [6.07, 6.45) is 2.05. The number of benzene rings is 1. The number of amides is 3. The molecule has 2 aliphatic rings. The van der Waals surface area contributed by atoms with E-state index in [1.165, 1.54) is 15.3 Å². The number of thiophene rings is 1. The van der Waals surface area contributed by atoms with Crippen LogP contribution >= 0.6 is 11.3 Å². The summed E-state index contributed by atoms with van der Waals surface area (Å²) in [4.78, 5) is 42.1. The van der Waals surface area contributed by atoms with Crippen LogP contribution in [-0.4, -0.2) is 53.7 Å². The van der Waals surface area contributed by atoms with Crippen LogP contribution in [0.1, 0.15) is 40.1 Å². The van der Waals surface area contributed by atoms with Crippen molar-refractivity contribution in [3.63, 3.8) is 0 Å². The molecule has 0 unspecified atom stereocenters. The molecular weight excluding hydrogens is 436 g/mol. The van der Waals surface area contributed by atoms with Gasteiger partial charge in [-0.1, -0.05) is 0 Å². The highest BCUT2D eigenvalue weighted by Crippen LogP contribution is 2.24. The minimum Gasteiger partial charge on any atom is -0.355 e. The van der Waals surface area contributed by atoms with Gasteiger partial charge in [0.25, 0.3) is 5.91 Å². The number of piperidine rings is 1. The number of nitrogens with one attached hydrogen (secondary N) is 1. The van der Waals surface area contributed by atoms with E-state index in [2.05, 4.69) is 11.4 Å². The highest BCUT2D eigenvalue weighted by molar-refractivity contribution is 7.10.